The van der Waals surface area contributed by atoms with E-state index in [1.54, 1.807) is 12.1 Å². The van der Waals surface area contributed by atoms with E-state index in [2.05, 4.69) is 0 Å². The summed E-state index contributed by atoms with van der Waals surface area (Å²) in [6, 6.07) is 10.0. The highest BCUT2D eigenvalue weighted by Crippen LogP contribution is 2.45. The van der Waals surface area contributed by atoms with Crippen LogP contribution in [0.5, 0.6) is 5.75 Å². The van der Waals surface area contributed by atoms with Gasteiger partial charge in [-0.25, -0.2) is 17.2 Å². The van der Waals surface area contributed by atoms with Gasteiger partial charge in [0.2, 0.25) is 10.0 Å². The second-order valence-electron chi connectivity index (χ2n) is 7.32. The lowest BCUT2D eigenvalue weighted by molar-refractivity contribution is -0.140. The third kappa shape index (κ3) is 5.08. The van der Waals surface area contributed by atoms with Crippen LogP contribution >= 0.6 is 23.5 Å². The zero-order chi connectivity index (χ0) is 22.0. The number of nitrogens with zero attached hydrogens (tertiary/aromatic N) is 1. The maximum Gasteiger partial charge on any atom is 0.314 e. The molecule has 2 heterocycles. The number of hydrogen-bond acceptors (Lipinski definition) is 6. The molecule has 0 bridgehead atoms. The summed E-state index contributed by atoms with van der Waals surface area (Å²) in [5.41, 5.74) is 1.20. The molecule has 5 nitrogen and oxygen atoms in total. The number of carbonyl (C=O) groups is 1. The summed E-state index contributed by atoms with van der Waals surface area (Å²) in [5, 5.41) is 0. The summed E-state index contributed by atoms with van der Waals surface area (Å²) in [7, 11) is -3.95. The molecular formula is C21H21F2NO4S3. The zero-order valence-electron chi connectivity index (χ0n) is 16.5. The predicted molar refractivity (Wildman–Crippen MR) is 118 cm³/mol. The van der Waals surface area contributed by atoms with Crippen LogP contribution in [-0.2, 0) is 14.8 Å². The van der Waals surface area contributed by atoms with Gasteiger partial charge in [0, 0.05) is 24.6 Å². The Balaban J connectivity index is 1.33. The Morgan fingerprint density at radius 2 is 1.61 bits per heavy atom. The molecular weight excluding hydrogens is 464 g/mol. The number of esters is 1. The van der Waals surface area contributed by atoms with E-state index in [-0.39, 0.29) is 24.0 Å². The van der Waals surface area contributed by atoms with Crippen molar-refractivity contribution < 1.29 is 26.7 Å². The fraction of sp³-hybridized carbons (Fsp3) is 0.381. The highest BCUT2D eigenvalue weighted by atomic mass is 32.2. The van der Waals surface area contributed by atoms with Gasteiger partial charge in [-0.1, -0.05) is 12.1 Å². The predicted octanol–water partition coefficient (Wildman–Crippen LogP) is 4.45. The first-order valence-corrected chi connectivity index (χ1v) is 13.4. The lowest BCUT2D eigenvalue weighted by atomic mass is 9.98. The number of sulfonamides is 1. The van der Waals surface area contributed by atoms with Gasteiger partial charge in [-0.2, -0.15) is 4.31 Å². The highest BCUT2D eigenvalue weighted by molar-refractivity contribution is 8.19. The molecule has 2 aliphatic rings. The van der Waals surface area contributed by atoms with Crippen molar-refractivity contribution >= 4 is 39.5 Å². The first-order valence-electron chi connectivity index (χ1n) is 9.84. The zero-order valence-corrected chi connectivity index (χ0v) is 18.9. The maximum atomic E-state index is 13.4. The molecule has 0 aliphatic carbocycles. The smallest absolute Gasteiger partial charge is 0.314 e. The van der Waals surface area contributed by atoms with Crippen molar-refractivity contribution in [1.82, 2.24) is 4.31 Å². The average molecular weight is 486 g/mol. The van der Waals surface area contributed by atoms with Gasteiger partial charge in [0.1, 0.15) is 5.75 Å². The molecule has 10 heteroatoms. The Morgan fingerprint density at radius 1 is 0.968 bits per heavy atom. The second-order valence-corrected chi connectivity index (χ2v) is 12.0. The molecule has 2 fully saturated rings. The minimum atomic E-state index is -3.95. The van der Waals surface area contributed by atoms with Gasteiger partial charge in [-0.3, -0.25) is 4.79 Å². The van der Waals surface area contributed by atoms with Gasteiger partial charge < -0.3 is 4.74 Å². The number of ether oxygens (including phenoxy) is 1. The van der Waals surface area contributed by atoms with Crippen molar-refractivity contribution in [3.8, 4) is 5.75 Å². The Labute approximate surface area is 188 Å². The van der Waals surface area contributed by atoms with Crippen LogP contribution in [0.2, 0.25) is 0 Å². The molecule has 0 N–H and O–H groups in total. The number of hydrogen-bond donors (Lipinski definition) is 0. The molecule has 31 heavy (non-hydrogen) atoms. The molecule has 0 spiro atoms. The quantitative estimate of drug-likeness (QED) is 0.461. The van der Waals surface area contributed by atoms with Crippen LogP contribution in [0.25, 0.3) is 0 Å². The van der Waals surface area contributed by atoms with Crippen molar-refractivity contribution in [3.63, 3.8) is 0 Å². The first kappa shape index (κ1) is 22.6. The number of piperidine rings is 1. The van der Waals surface area contributed by atoms with Crippen LogP contribution in [0.3, 0.4) is 0 Å². The normalized spacial score (nSPS) is 18.9. The highest BCUT2D eigenvalue weighted by Gasteiger charge is 2.33. The number of thioether (sulfide) groups is 2. The van der Waals surface area contributed by atoms with E-state index in [0.717, 1.165) is 23.6 Å². The minimum absolute atomic E-state index is 0.107. The van der Waals surface area contributed by atoms with Gasteiger partial charge in [-0.15, -0.1) is 23.5 Å². The average Bonchev–Trinajstić information content (AvgIpc) is 3.31. The van der Waals surface area contributed by atoms with E-state index < -0.39 is 27.6 Å². The van der Waals surface area contributed by atoms with Crippen molar-refractivity contribution in [1.29, 1.82) is 0 Å². The van der Waals surface area contributed by atoms with Crippen molar-refractivity contribution in [2.24, 2.45) is 5.92 Å². The largest absolute Gasteiger partial charge is 0.426 e. The third-order valence-corrected chi connectivity index (χ3v) is 10.3. The van der Waals surface area contributed by atoms with E-state index in [4.69, 9.17) is 4.74 Å². The van der Waals surface area contributed by atoms with Crippen LogP contribution < -0.4 is 4.74 Å². The molecule has 2 aromatic carbocycles. The van der Waals surface area contributed by atoms with E-state index >= 15 is 0 Å². The Hall–Kier alpha value is -1.62. The fourth-order valence-electron chi connectivity index (χ4n) is 3.56. The molecule has 2 saturated heterocycles. The lowest BCUT2D eigenvalue weighted by Crippen LogP contribution is -2.41. The van der Waals surface area contributed by atoms with Gasteiger partial charge in [0.05, 0.1) is 15.4 Å². The Morgan fingerprint density at radius 3 is 2.23 bits per heavy atom. The molecule has 166 valence electrons. The summed E-state index contributed by atoms with van der Waals surface area (Å²) in [6.07, 6.45) is 0.602. The molecule has 0 saturated carbocycles. The van der Waals surface area contributed by atoms with E-state index in [1.165, 1.54) is 9.87 Å². The summed E-state index contributed by atoms with van der Waals surface area (Å²) in [6.45, 7) is 0.215. The fourth-order valence-corrected chi connectivity index (χ4v) is 7.90. The van der Waals surface area contributed by atoms with Gasteiger partial charge in [-0.05, 0) is 48.7 Å². The number of carbonyl (C=O) groups excluding carboxylic acids is 1. The molecule has 0 amide bonds. The molecule has 4 rings (SSSR count). The number of rotatable bonds is 5. The third-order valence-electron chi connectivity index (χ3n) is 5.31. The van der Waals surface area contributed by atoms with Gasteiger partial charge >= 0.3 is 5.97 Å². The molecule has 2 aromatic rings. The van der Waals surface area contributed by atoms with E-state index in [1.807, 2.05) is 35.7 Å². The number of halogens is 2. The molecule has 0 atom stereocenters. The molecule has 0 radical (unpaired) electrons. The summed E-state index contributed by atoms with van der Waals surface area (Å²) >= 11 is 3.80. The standard InChI is InChI=1S/C21H21F2NO4S3/c22-18-6-5-17(13-19(18)23)31(26,27)24-9-7-14(8-10-24)20(25)28-16-3-1-15(2-4-16)21-29-11-12-30-21/h1-6,13-14,21H,7-12H2. The SMILES string of the molecule is O=C(Oc1ccc(C2SCCS2)cc1)C1CCN(S(=O)(=O)c2ccc(F)c(F)c2)CC1. The van der Waals surface area contributed by atoms with Crippen LogP contribution in [-0.4, -0.2) is 43.3 Å². The first-order chi connectivity index (χ1) is 14.8. The summed E-state index contributed by atoms with van der Waals surface area (Å²) in [5.74, 6) is -0.379. The minimum Gasteiger partial charge on any atom is -0.426 e. The maximum absolute atomic E-state index is 13.4. The summed E-state index contributed by atoms with van der Waals surface area (Å²) in [4.78, 5) is 12.2. The van der Waals surface area contributed by atoms with E-state index in [9.17, 15) is 22.0 Å². The lowest BCUT2D eigenvalue weighted by Gasteiger charge is -2.30. The van der Waals surface area contributed by atoms with Crippen LogP contribution in [0, 0.1) is 17.6 Å². The van der Waals surface area contributed by atoms with E-state index in [0.29, 0.717) is 29.2 Å². The van der Waals surface area contributed by atoms with Gasteiger partial charge in [0.15, 0.2) is 11.6 Å². The summed E-state index contributed by atoms with van der Waals surface area (Å²) < 4.78 is 59.0. The van der Waals surface area contributed by atoms with Gasteiger partial charge in [0.25, 0.3) is 0 Å². The van der Waals surface area contributed by atoms with Crippen molar-refractivity contribution in [2.75, 3.05) is 24.6 Å². The topological polar surface area (TPSA) is 63.7 Å². The molecule has 2 aliphatic heterocycles. The Bertz CT molecular complexity index is 1050. The molecule has 0 unspecified atom stereocenters. The molecule has 0 aromatic heterocycles. The van der Waals surface area contributed by atoms with Crippen LogP contribution in [0.1, 0.15) is 23.0 Å². The van der Waals surface area contributed by atoms with Crippen molar-refractivity contribution in [2.45, 2.75) is 22.3 Å². The van der Waals surface area contributed by atoms with Crippen LogP contribution in [0.15, 0.2) is 47.4 Å². The van der Waals surface area contributed by atoms with Crippen molar-refractivity contribution in [3.05, 3.63) is 59.7 Å². The monoisotopic (exact) mass is 485 g/mol. The van der Waals surface area contributed by atoms with Crippen LogP contribution in [0.4, 0.5) is 8.78 Å². The Kier molecular flexibility index (Phi) is 6.90. The second kappa shape index (κ2) is 9.48. The number of benzene rings is 2.